The molecule has 0 aliphatic heterocycles. The van der Waals surface area contributed by atoms with Crippen molar-refractivity contribution in [2.75, 3.05) is 0 Å². The van der Waals surface area contributed by atoms with Gasteiger partial charge in [0.15, 0.2) is 0 Å². The minimum Gasteiger partial charge on any atom is -0.286 e. The lowest BCUT2D eigenvalue weighted by Crippen LogP contribution is -2.16. The van der Waals surface area contributed by atoms with Crippen LogP contribution in [0.2, 0.25) is 0 Å². The lowest BCUT2D eigenvalue weighted by Gasteiger charge is -2.19. The summed E-state index contributed by atoms with van der Waals surface area (Å²) in [7, 11) is 4.12. The second-order valence-corrected chi connectivity index (χ2v) is 2.54. The summed E-state index contributed by atoms with van der Waals surface area (Å²) < 4.78 is 4.24. The van der Waals surface area contributed by atoms with Crippen molar-refractivity contribution < 1.29 is 0 Å². The highest BCUT2D eigenvalue weighted by molar-refractivity contribution is 5.77. The highest BCUT2D eigenvalue weighted by Gasteiger charge is 2.02. The molecular weight excluding hydrogens is 124 g/mol. The van der Waals surface area contributed by atoms with Crippen LogP contribution in [0.3, 0.4) is 0 Å². The fourth-order valence-corrected chi connectivity index (χ4v) is 1.29. The Labute approximate surface area is 59.6 Å². The second-order valence-electron chi connectivity index (χ2n) is 2.54. The van der Waals surface area contributed by atoms with Crippen LogP contribution in [-0.4, -0.2) is 9.36 Å². The molecule has 0 saturated carbocycles. The van der Waals surface area contributed by atoms with E-state index in [1.54, 1.807) is 0 Å². The number of aromatic nitrogens is 2. The van der Waals surface area contributed by atoms with E-state index < -0.39 is 0 Å². The molecule has 0 atom stereocenters. The average Bonchev–Trinajstić information content (AvgIpc) is 2.03. The topological polar surface area (TPSA) is 9.86 Å². The lowest BCUT2D eigenvalue weighted by atomic mass is 10.3. The Morgan fingerprint density at radius 2 is 1.30 bits per heavy atom. The molecular formula is C8H10N2. The van der Waals surface area contributed by atoms with E-state index in [0.717, 1.165) is 0 Å². The highest BCUT2D eigenvalue weighted by Crippen LogP contribution is 2.14. The van der Waals surface area contributed by atoms with Crippen molar-refractivity contribution >= 4 is 11.0 Å². The zero-order valence-corrected chi connectivity index (χ0v) is 6.20. The average molecular weight is 134 g/mol. The molecule has 1 aromatic heterocycles. The van der Waals surface area contributed by atoms with Gasteiger partial charge in [0.05, 0.1) is 11.0 Å². The molecule has 0 amide bonds. The minimum atomic E-state index is 1.31. The smallest absolute Gasteiger partial charge is 0.0822 e. The number of hydrogen-bond donors (Lipinski definition) is 0. The molecule has 2 nitrogen and oxygen atoms in total. The van der Waals surface area contributed by atoms with Gasteiger partial charge in [-0.05, 0) is 12.1 Å². The molecule has 0 saturated heterocycles. The summed E-state index contributed by atoms with van der Waals surface area (Å²) in [6.07, 6.45) is 0. The Morgan fingerprint density at radius 1 is 0.900 bits per heavy atom. The predicted octanol–water partition coefficient (Wildman–Crippen LogP) is 1.52. The number of nitrogens with zero attached hydrogens (tertiary/aromatic N) is 2. The molecule has 0 radical (unpaired) electrons. The van der Waals surface area contributed by atoms with Crippen molar-refractivity contribution in [1.82, 2.24) is 9.36 Å². The summed E-state index contributed by atoms with van der Waals surface area (Å²) in [5, 5.41) is 0. The molecule has 1 aromatic carbocycles. The number of benzene rings is 1. The second kappa shape index (κ2) is 1.66. The van der Waals surface area contributed by atoms with E-state index in [1.807, 2.05) is 0 Å². The number of rotatable bonds is 0. The summed E-state index contributed by atoms with van der Waals surface area (Å²) in [6, 6.07) is 8.36. The van der Waals surface area contributed by atoms with E-state index >= 15 is 0 Å². The molecule has 0 N–H and O–H groups in total. The van der Waals surface area contributed by atoms with Crippen molar-refractivity contribution in [3.05, 3.63) is 24.3 Å². The van der Waals surface area contributed by atoms with Crippen LogP contribution in [0.15, 0.2) is 24.3 Å². The van der Waals surface area contributed by atoms with Crippen LogP contribution in [0.25, 0.3) is 11.0 Å². The first-order valence-electron chi connectivity index (χ1n) is 3.37. The molecule has 52 valence electrons. The third-order valence-electron chi connectivity index (χ3n) is 2.03. The largest absolute Gasteiger partial charge is 0.286 e. The van der Waals surface area contributed by atoms with Gasteiger partial charge in [0.25, 0.3) is 0 Å². The molecule has 0 aliphatic carbocycles. The molecule has 0 fully saturated rings. The van der Waals surface area contributed by atoms with Gasteiger partial charge >= 0.3 is 0 Å². The van der Waals surface area contributed by atoms with Crippen molar-refractivity contribution in [3.8, 4) is 0 Å². The fourth-order valence-electron chi connectivity index (χ4n) is 1.29. The maximum atomic E-state index is 2.12. The Balaban J connectivity index is 2.82. The van der Waals surface area contributed by atoms with Crippen LogP contribution in [0.5, 0.6) is 0 Å². The predicted molar refractivity (Wildman–Crippen MR) is 41.9 cm³/mol. The molecule has 2 aromatic rings. The van der Waals surface area contributed by atoms with Crippen LogP contribution < -0.4 is 0 Å². The van der Waals surface area contributed by atoms with Gasteiger partial charge in [-0.1, -0.05) is 12.1 Å². The van der Waals surface area contributed by atoms with Crippen molar-refractivity contribution in [1.29, 1.82) is 0 Å². The molecule has 0 aliphatic rings. The zero-order valence-electron chi connectivity index (χ0n) is 6.20. The summed E-state index contributed by atoms with van der Waals surface area (Å²) in [5.41, 5.74) is 2.62. The van der Waals surface area contributed by atoms with Crippen LogP contribution in [-0.2, 0) is 14.1 Å². The molecule has 0 unspecified atom stereocenters. The third-order valence-corrected chi connectivity index (χ3v) is 2.03. The van der Waals surface area contributed by atoms with Crippen LogP contribution in [0.1, 0.15) is 0 Å². The van der Waals surface area contributed by atoms with E-state index in [4.69, 9.17) is 0 Å². The van der Waals surface area contributed by atoms with Crippen molar-refractivity contribution in [2.45, 2.75) is 0 Å². The Bertz CT molecular complexity index is 319. The molecule has 2 rings (SSSR count). The van der Waals surface area contributed by atoms with Gasteiger partial charge in [0.2, 0.25) is 0 Å². The maximum absolute atomic E-state index is 2.12. The number of aryl methyl sites for hydroxylation is 2. The van der Waals surface area contributed by atoms with Gasteiger partial charge in [-0.25, -0.2) is 0 Å². The standard InChI is InChI=1S/C8H10N2/c1-9-7-5-3-4-6-8(7)10(9)2/h3-6H,1-2H3. The Morgan fingerprint density at radius 3 is 1.70 bits per heavy atom. The summed E-state index contributed by atoms with van der Waals surface area (Å²) in [4.78, 5) is 0. The zero-order chi connectivity index (χ0) is 7.14. The van der Waals surface area contributed by atoms with Gasteiger partial charge in [0.1, 0.15) is 0 Å². The van der Waals surface area contributed by atoms with Gasteiger partial charge in [0, 0.05) is 14.1 Å². The summed E-state index contributed by atoms with van der Waals surface area (Å²) in [5.74, 6) is 0. The molecule has 10 heavy (non-hydrogen) atoms. The van der Waals surface area contributed by atoms with E-state index in [1.165, 1.54) is 11.0 Å². The highest BCUT2D eigenvalue weighted by atomic mass is 15.4. The van der Waals surface area contributed by atoms with Gasteiger partial charge in [-0.3, -0.25) is 9.36 Å². The van der Waals surface area contributed by atoms with Crippen LogP contribution in [0.4, 0.5) is 0 Å². The molecule has 0 bridgehead atoms. The number of para-hydroxylation sites is 2. The number of fused-ring (bicyclic) bond motifs is 1. The summed E-state index contributed by atoms with van der Waals surface area (Å²) >= 11 is 0. The number of hydrogen-bond acceptors (Lipinski definition) is 0. The fraction of sp³-hybridized carbons (Fsp3) is 0.250. The Hall–Kier alpha value is -1.18. The maximum Gasteiger partial charge on any atom is 0.0822 e. The molecule has 1 heterocycles. The Kier molecular flexibility index (Phi) is 0.926. The first-order chi connectivity index (χ1) is 4.80. The summed E-state index contributed by atoms with van der Waals surface area (Å²) in [6.45, 7) is 0. The normalized spacial score (nSPS) is 11.0. The van der Waals surface area contributed by atoms with Crippen LogP contribution >= 0.6 is 0 Å². The first-order valence-corrected chi connectivity index (χ1v) is 3.37. The van der Waals surface area contributed by atoms with E-state index in [2.05, 4.69) is 47.7 Å². The molecule has 2 heteroatoms. The monoisotopic (exact) mass is 134 g/mol. The quantitative estimate of drug-likeness (QED) is 0.517. The van der Waals surface area contributed by atoms with Crippen LogP contribution in [0, 0.1) is 0 Å². The minimum absolute atomic E-state index is 1.31. The van der Waals surface area contributed by atoms with Gasteiger partial charge < -0.3 is 0 Å². The van der Waals surface area contributed by atoms with Crippen molar-refractivity contribution in [3.63, 3.8) is 0 Å². The SMILES string of the molecule is Cn1c2ccccc2n1C. The van der Waals surface area contributed by atoms with E-state index in [0.29, 0.717) is 0 Å². The third kappa shape index (κ3) is 0.485. The van der Waals surface area contributed by atoms with E-state index in [-0.39, 0.29) is 0 Å². The van der Waals surface area contributed by atoms with E-state index in [9.17, 15) is 0 Å². The van der Waals surface area contributed by atoms with Gasteiger partial charge in [-0.2, -0.15) is 0 Å². The van der Waals surface area contributed by atoms with Crippen molar-refractivity contribution in [2.24, 2.45) is 14.1 Å². The first kappa shape index (κ1) is 5.59. The molecule has 0 spiro atoms. The lowest BCUT2D eigenvalue weighted by molar-refractivity contribution is 0.588. The van der Waals surface area contributed by atoms with Gasteiger partial charge in [-0.15, -0.1) is 0 Å².